The number of fused-ring (bicyclic) bond motifs is 6. The van der Waals surface area contributed by atoms with Crippen LogP contribution in [0.15, 0.2) is 108 Å². The maximum Gasteiger partial charge on any atom is -1.00 e. The second-order valence-corrected chi connectivity index (χ2v) is 20.1. The van der Waals surface area contributed by atoms with Gasteiger partial charge in [0.1, 0.15) is 0 Å². The van der Waals surface area contributed by atoms with Crippen molar-refractivity contribution in [1.82, 2.24) is 0 Å². The number of hydrogen-bond acceptors (Lipinski definition) is 0. The number of benzene rings is 2. The summed E-state index contributed by atoms with van der Waals surface area (Å²) in [5.74, 6) is 0.898. The van der Waals surface area contributed by atoms with Gasteiger partial charge in [-0.2, -0.15) is 0 Å². The molecular weight excluding hydrogens is 483 g/mol. The van der Waals surface area contributed by atoms with Gasteiger partial charge >= 0.3 is 186 Å². The molecule has 0 N–H and O–H groups in total. The zero-order valence-corrected chi connectivity index (χ0v) is 22.2. The Balaban J connectivity index is 0.00000122. The Morgan fingerprint density at radius 2 is 1.06 bits per heavy atom. The quantitative estimate of drug-likeness (QED) is 0.536. The Bertz CT molecular complexity index is 1220. The van der Waals surface area contributed by atoms with Crippen LogP contribution in [0, 0.1) is 0 Å². The van der Waals surface area contributed by atoms with Crippen LogP contribution in [-0.2, 0) is 16.6 Å². The van der Waals surface area contributed by atoms with E-state index in [1.165, 1.54) is 11.1 Å². The largest absolute Gasteiger partial charge is 1.00 e. The summed E-state index contributed by atoms with van der Waals surface area (Å²) in [5, 5.41) is 0. The van der Waals surface area contributed by atoms with Crippen LogP contribution < -0.4 is 24.8 Å². The summed E-state index contributed by atoms with van der Waals surface area (Å²) < 4.78 is 3.49. The summed E-state index contributed by atoms with van der Waals surface area (Å²) in [5.41, 5.74) is 9.29. The van der Waals surface area contributed by atoms with Crippen LogP contribution in [0.3, 0.4) is 0 Å². The maximum atomic E-state index is 2.57. The molecule has 2 unspecified atom stereocenters. The number of rotatable bonds is 2. The molecule has 4 heteroatoms. The first kappa shape index (κ1) is 23.5. The average Bonchev–Trinajstić information content (AvgIpc) is 3.29. The van der Waals surface area contributed by atoms with Gasteiger partial charge in [0, 0.05) is 0 Å². The third-order valence-corrected chi connectivity index (χ3v) is 17.8. The van der Waals surface area contributed by atoms with Gasteiger partial charge in [-0.15, -0.1) is 0 Å². The summed E-state index contributed by atoms with van der Waals surface area (Å²) >= 11 is -1.76. The minimum absolute atomic E-state index is 0. The zero-order valence-electron chi connectivity index (χ0n) is 18.1. The molecule has 0 saturated heterocycles. The van der Waals surface area contributed by atoms with Crippen LogP contribution in [0.1, 0.15) is 34.1 Å². The molecular formula is C28H24Cl2SiTi. The van der Waals surface area contributed by atoms with Crippen molar-refractivity contribution >= 4 is 13.9 Å². The van der Waals surface area contributed by atoms with E-state index in [0.717, 1.165) is 0 Å². The minimum Gasteiger partial charge on any atom is -1.00 e. The molecule has 0 aromatic heterocycles. The van der Waals surface area contributed by atoms with Gasteiger partial charge in [0.05, 0.1) is 0 Å². The van der Waals surface area contributed by atoms with E-state index in [1.54, 1.807) is 30.0 Å². The zero-order chi connectivity index (χ0) is 20.2. The fourth-order valence-electron chi connectivity index (χ4n) is 5.59. The van der Waals surface area contributed by atoms with Crippen molar-refractivity contribution in [2.75, 3.05) is 0 Å². The molecule has 4 aliphatic carbocycles. The normalized spacial score (nSPS) is 20.5. The molecule has 2 aromatic rings. The molecule has 32 heavy (non-hydrogen) atoms. The Kier molecular flexibility index (Phi) is 6.87. The Hall–Kier alpha value is -1.61. The number of allylic oxidation sites excluding steroid dienone is 10. The molecule has 4 aliphatic rings. The van der Waals surface area contributed by atoms with E-state index >= 15 is 0 Å². The molecule has 2 aromatic carbocycles. The molecule has 0 amide bonds. The predicted molar refractivity (Wildman–Crippen MR) is 126 cm³/mol. The van der Waals surface area contributed by atoms with Crippen molar-refractivity contribution < 1.29 is 41.4 Å². The molecule has 158 valence electrons. The Labute approximate surface area is 209 Å². The predicted octanol–water partition coefficient (Wildman–Crippen LogP) is 1.13. The van der Waals surface area contributed by atoms with Gasteiger partial charge in [-0.25, -0.2) is 0 Å². The monoisotopic (exact) mass is 506 g/mol. The van der Waals surface area contributed by atoms with Crippen LogP contribution in [0.4, 0.5) is 0 Å². The van der Waals surface area contributed by atoms with Crippen molar-refractivity contribution in [1.29, 1.82) is 0 Å². The van der Waals surface area contributed by atoms with Crippen molar-refractivity contribution in [3.05, 3.63) is 131 Å². The van der Waals surface area contributed by atoms with Crippen LogP contribution in [0.2, 0.25) is 13.1 Å². The number of halogens is 2. The van der Waals surface area contributed by atoms with Crippen LogP contribution in [-0.4, -0.2) is 6.19 Å². The average molecular weight is 507 g/mol. The summed E-state index contributed by atoms with van der Waals surface area (Å²) in [4.78, 5) is 0. The molecule has 0 heterocycles. The first-order chi connectivity index (χ1) is 14.8. The van der Waals surface area contributed by atoms with E-state index in [0.29, 0.717) is 11.8 Å². The Morgan fingerprint density at radius 3 is 1.50 bits per heavy atom. The van der Waals surface area contributed by atoms with Gasteiger partial charge in [-0.05, 0) is 0 Å². The first-order valence-electron chi connectivity index (χ1n) is 10.8. The second-order valence-electron chi connectivity index (χ2n) is 8.65. The van der Waals surface area contributed by atoms with E-state index in [1.807, 2.05) is 0 Å². The minimum atomic E-state index is -1.76. The maximum absolute atomic E-state index is 2.57. The molecule has 0 nitrogen and oxygen atoms in total. The van der Waals surface area contributed by atoms with Crippen LogP contribution in [0.5, 0.6) is 0 Å². The molecule has 0 bridgehead atoms. The summed E-state index contributed by atoms with van der Waals surface area (Å²) in [6, 6.07) is 18.4. The van der Waals surface area contributed by atoms with Crippen molar-refractivity contribution in [2.24, 2.45) is 0 Å². The van der Waals surface area contributed by atoms with Crippen molar-refractivity contribution in [3.63, 3.8) is 0 Å². The van der Waals surface area contributed by atoms with Gasteiger partial charge < -0.3 is 24.8 Å². The smallest absolute Gasteiger partial charge is 1.00 e. The van der Waals surface area contributed by atoms with Crippen molar-refractivity contribution in [3.8, 4) is 0 Å². The van der Waals surface area contributed by atoms with E-state index in [2.05, 4.69) is 110 Å². The molecule has 0 radical (unpaired) electrons. The molecule has 2 atom stereocenters. The van der Waals surface area contributed by atoms with Gasteiger partial charge in [0.2, 0.25) is 0 Å². The second kappa shape index (κ2) is 9.33. The topological polar surface area (TPSA) is 0 Å². The van der Waals surface area contributed by atoms with Crippen LogP contribution in [0.25, 0.3) is 7.76 Å². The summed E-state index contributed by atoms with van der Waals surface area (Å²) in [7, 11) is 0. The number of hydrogen-bond donors (Lipinski definition) is 0. The van der Waals surface area contributed by atoms with Crippen molar-refractivity contribution in [2.45, 2.75) is 24.9 Å². The molecule has 0 aliphatic heterocycles. The molecule has 6 rings (SSSR count). The third-order valence-electron chi connectivity index (χ3n) is 6.76. The summed E-state index contributed by atoms with van der Waals surface area (Å²) in [6.45, 7) is 5.13. The SMILES string of the molecule is C[Si](C)=[Ti+2]([C]1=C2C=CC=CC2c2ccccc21)[C]1=C2C=CC=CC2c2ccccc21.[Cl-].[Cl-]. The standard InChI is InChI=1S/2C13H9.C2H6Si.2ClH.Ti/c2*1-3-7-12-10(5-1)9-11-6-2-4-8-13(11)12;1-3-2;;;/h2*1-8,12H;1-2H3;2*1H;/q;;;;;+2/p-2. The van der Waals surface area contributed by atoms with Gasteiger partial charge in [-0.1, -0.05) is 0 Å². The molecule has 0 saturated carbocycles. The third kappa shape index (κ3) is 3.47. The fraction of sp³-hybridized carbons (Fsp3) is 0.143. The van der Waals surface area contributed by atoms with Gasteiger partial charge in [0.15, 0.2) is 0 Å². The fourth-order valence-corrected chi connectivity index (χ4v) is 17.2. The molecule has 0 spiro atoms. The first-order valence-corrected chi connectivity index (χ1v) is 17.2. The van der Waals surface area contributed by atoms with Crippen LogP contribution >= 0.6 is 0 Å². The van der Waals surface area contributed by atoms with E-state index in [9.17, 15) is 0 Å². The van der Waals surface area contributed by atoms with E-state index in [-0.39, 0.29) is 24.8 Å². The summed E-state index contributed by atoms with van der Waals surface area (Å²) in [6.07, 6.45) is 18.1. The molecule has 0 fully saturated rings. The van der Waals surface area contributed by atoms with E-state index < -0.39 is 22.8 Å². The van der Waals surface area contributed by atoms with Gasteiger partial charge in [-0.3, -0.25) is 0 Å². The Morgan fingerprint density at radius 1 is 0.625 bits per heavy atom. The van der Waals surface area contributed by atoms with E-state index in [4.69, 9.17) is 0 Å². The van der Waals surface area contributed by atoms with Gasteiger partial charge in [0.25, 0.3) is 0 Å².